The maximum Gasteiger partial charge on any atom is 0.243 e. The van der Waals surface area contributed by atoms with Gasteiger partial charge in [0.25, 0.3) is 0 Å². The largest absolute Gasteiger partial charge is 0.481 e. The Morgan fingerprint density at radius 2 is 2.18 bits per heavy atom. The van der Waals surface area contributed by atoms with E-state index in [9.17, 15) is 4.79 Å². The molecular weight excluding hydrogens is 244 g/mol. The van der Waals surface area contributed by atoms with E-state index in [4.69, 9.17) is 22.1 Å². The molecule has 3 N–H and O–H groups in total. The Bertz CT molecular complexity index is 411. The first-order chi connectivity index (χ1) is 7.93. The van der Waals surface area contributed by atoms with Crippen molar-refractivity contribution in [3.63, 3.8) is 0 Å². The topological polar surface area (TPSA) is 90.1 Å². The highest BCUT2D eigenvalue weighted by molar-refractivity contribution is 6.29. The molecule has 0 fully saturated rings. The Kier molecular flexibility index (Phi) is 4.65. The minimum atomic E-state index is -0.622. The van der Waals surface area contributed by atoms with E-state index in [0.717, 1.165) is 0 Å². The van der Waals surface area contributed by atoms with Crippen LogP contribution in [-0.2, 0) is 4.79 Å². The number of carbonyl (C=O) groups is 1. The van der Waals surface area contributed by atoms with Crippen molar-refractivity contribution in [3.8, 4) is 5.88 Å². The zero-order chi connectivity index (χ0) is 13.0. The molecule has 94 valence electrons. The number of carbonyl (C=O) groups excluding carboxylic acids is 1. The van der Waals surface area contributed by atoms with Crippen LogP contribution in [0, 0.1) is 5.92 Å². The molecule has 0 spiro atoms. The number of halogens is 1. The zero-order valence-electron chi connectivity index (χ0n) is 9.90. The lowest BCUT2D eigenvalue weighted by Gasteiger charge is -2.14. The fourth-order valence-corrected chi connectivity index (χ4v) is 1.23. The van der Waals surface area contributed by atoms with Crippen molar-refractivity contribution in [2.75, 3.05) is 12.4 Å². The van der Waals surface area contributed by atoms with Crippen LogP contribution in [-0.4, -0.2) is 29.0 Å². The number of anilines is 1. The molecule has 6 nitrogen and oxygen atoms in total. The molecule has 0 aromatic carbocycles. The molecule has 1 aromatic rings. The van der Waals surface area contributed by atoms with E-state index >= 15 is 0 Å². The molecule has 0 unspecified atom stereocenters. The number of aromatic nitrogens is 2. The van der Waals surface area contributed by atoms with Gasteiger partial charge in [-0.3, -0.25) is 10.1 Å². The second-order valence-electron chi connectivity index (χ2n) is 3.82. The van der Waals surface area contributed by atoms with E-state index < -0.39 is 6.04 Å². The summed E-state index contributed by atoms with van der Waals surface area (Å²) < 4.78 is 4.91. The van der Waals surface area contributed by atoms with Crippen LogP contribution in [0.3, 0.4) is 0 Å². The van der Waals surface area contributed by atoms with Gasteiger partial charge in [0.2, 0.25) is 17.7 Å². The number of methoxy groups -OCH3 is 1. The van der Waals surface area contributed by atoms with E-state index in [0.29, 0.717) is 0 Å². The monoisotopic (exact) mass is 258 g/mol. The predicted octanol–water partition coefficient (Wildman–Crippen LogP) is 1.06. The lowest BCUT2D eigenvalue weighted by atomic mass is 10.1. The average molecular weight is 259 g/mol. The molecule has 0 saturated heterocycles. The summed E-state index contributed by atoms with van der Waals surface area (Å²) in [4.78, 5) is 19.4. The van der Waals surface area contributed by atoms with Crippen molar-refractivity contribution >= 4 is 23.5 Å². The maximum absolute atomic E-state index is 11.7. The van der Waals surface area contributed by atoms with E-state index in [2.05, 4.69) is 15.3 Å². The lowest BCUT2D eigenvalue weighted by molar-refractivity contribution is -0.118. The second-order valence-corrected chi connectivity index (χ2v) is 4.20. The summed E-state index contributed by atoms with van der Waals surface area (Å²) in [6.07, 6.45) is 0. The minimum absolute atomic E-state index is 0.0241. The Labute approximate surface area is 105 Å². The molecule has 1 amide bonds. The van der Waals surface area contributed by atoms with Gasteiger partial charge in [-0.25, -0.2) is 4.98 Å². The maximum atomic E-state index is 11.7. The third-order valence-corrected chi connectivity index (χ3v) is 2.33. The number of hydrogen-bond acceptors (Lipinski definition) is 5. The zero-order valence-corrected chi connectivity index (χ0v) is 10.7. The molecule has 0 saturated carbocycles. The Balaban J connectivity index is 2.81. The predicted molar refractivity (Wildman–Crippen MR) is 65.0 cm³/mol. The number of amides is 1. The van der Waals surface area contributed by atoms with Gasteiger partial charge in [0, 0.05) is 6.07 Å². The van der Waals surface area contributed by atoms with E-state index in [-0.39, 0.29) is 28.8 Å². The van der Waals surface area contributed by atoms with Gasteiger partial charge in [-0.2, -0.15) is 4.98 Å². The number of nitrogens with zero attached hydrogens (tertiary/aromatic N) is 2. The smallest absolute Gasteiger partial charge is 0.243 e. The Morgan fingerprint density at radius 1 is 1.53 bits per heavy atom. The highest BCUT2D eigenvalue weighted by Gasteiger charge is 2.18. The molecule has 0 aliphatic rings. The molecule has 0 aliphatic heterocycles. The fraction of sp³-hybridized carbons (Fsp3) is 0.500. The van der Waals surface area contributed by atoms with Gasteiger partial charge in [0.15, 0.2) is 0 Å². The third-order valence-electron chi connectivity index (χ3n) is 2.14. The van der Waals surface area contributed by atoms with Crippen LogP contribution in [0.1, 0.15) is 13.8 Å². The van der Waals surface area contributed by atoms with Gasteiger partial charge in [-0.05, 0) is 5.92 Å². The second kappa shape index (κ2) is 5.79. The van der Waals surface area contributed by atoms with Crippen molar-refractivity contribution < 1.29 is 9.53 Å². The first kappa shape index (κ1) is 13.7. The van der Waals surface area contributed by atoms with Gasteiger partial charge >= 0.3 is 0 Å². The number of nitrogens with two attached hydrogens (primary N) is 1. The third kappa shape index (κ3) is 3.83. The van der Waals surface area contributed by atoms with Crippen molar-refractivity contribution in [2.24, 2.45) is 11.7 Å². The summed E-state index contributed by atoms with van der Waals surface area (Å²) in [6, 6.07) is 0.822. The van der Waals surface area contributed by atoms with Crippen LogP contribution in [0.5, 0.6) is 5.88 Å². The molecule has 0 radical (unpaired) electrons. The molecule has 1 atom stereocenters. The first-order valence-electron chi connectivity index (χ1n) is 5.09. The molecular formula is C10H15ClN4O2. The highest BCUT2D eigenvalue weighted by Crippen LogP contribution is 2.16. The first-order valence-corrected chi connectivity index (χ1v) is 5.47. The molecule has 0 aliphatic carbocycles. The molecule has 7 heteroatoms. The number of nitrogens with one attached hydrogen (secondary N) is 1. The van der Waals surface area contributed by atoms with Crippen molar-refractivity contribution in [1.82, 2.24) is 9.97 Å². The lowest BCUT2D eigenvalue weighted by Crippen LogP contribution is -2.40. The minimum Gasteiger partial charge on any atom is -0.481 e. The SMILES string of the molecule is COc1cc(Cl)nc(NC(=O)[C@@H](N)C(C)C)n1. The Hall–Kier alpha value is -1.40. The average Bonchev–Trinajstić information content (AvgIpc) is 2.26. The van der Waals surface area contributed by atoms with Gasteiger partial charge in [-0.1, -0.05) is 25.4 Å². The van der Waals surface area contributed by atoms with Crippen molar-refractivity contribution in [3.05, 3.63) is 11.2 Å². The van der Waals surface area contributed by atoms with E-state index in [1.807, 2.05) is 13.8 Å². The van der Waals surface area contributed by atoms with Crippen LogP contribution >= 0.6 is 11.6 Å². The number of ether oxygens (including phenoxy) is 1. The van der Waals surface area contributed by atoms with Gasteiger partial charge in [-0.15, -0.1) is 0 Å². The van der Waals surface area contributed by atoms with Crippen molar-refractivity contribution in [1.29, 1.82) is 0 Å². The van der Waals surface area contributed by atoms with Crippen LogP contribution in [0.25, 0.3) is 0 Å². The van der Waals surface area contributed by atoms with Crippen LogP contribution < -0.4 is 15.8 Å². The molecule has 17 heavy (non-hydrogen) atoms. The number of rotatable bonds is 4. The summed E-state index contributed by atoms with van der Waals surface area (Å²) in [5, 5.41) is 2.67. The van der Waals surface area contributed by atoms with Gasteiger partial charge in [0.05, 0.1) is 13.2 Å². The Morgan fingerprint density at radius 3 is 2.71 bits per heavy atom. The highest BCUT2D eigenvalue weighted by atomic mass is 35.5. The molecule has 0 bridgehead atoms. The molecule has 1 aromatic heterocycles. The molecule has 1 heterocycles. The standard InChI is InChI=1S/C10H15ClN4O2/c1-5(2)8(12)9(16)15-10-13-6(11)4-7(14-10)17-3/h4-5,8H,12H2,1-3H3,(H,13,14,15,16)/t8-/m0/s1. The van der Waals surface area contributed by atoms with Gasteiger partial charge < -0.3 is 10.5 Å². The fourth-order valence-electron chi connectivity index (χ4n) is 1.05. The van der Waals surface area contributed by atoms with Crippen LogP contribution in [0.4, 0.5) is 5.95 Å². The number of hydrogen-bond donors (Lipinski definition) is 2. The normalized spacial score (nSPS) is 12.4. The van der Waals surface area contributed by atoms with Crippen molar-refractivity contribution in [2.45, 2.75) is 19.9 Å². The summed E-state index contributed by atoms with van der Waals surface area (Å²) >= 11 is 5.74. The van der Waals surface area contributed by atoms with Gasteiger partial charge in [0.1, 0.15) is 5.15 Å². The van der Waals surface area contributed by atoms with E-state index in [1.54, 1.807) is 0 Å². The van der Waals surface area contributed by atoms with Crippen LogP contribution in [0.2, 0.25) is 5.15 Å². The van der Waals surface area contributed by atoms with E-state index in [1.165, 1.54) is 13.2 Å². The summed E-state index contributed by atoms with van der Waals surface area (Å²) in [6.45, 7) is 3.70. The molecule has 1 rings (SSSR count). The van der Waals surface area contributed by atoms with Crippen LogP contribution in [0.15, 0.2) is 6.07 Å². The quantitative estimate of drug-likeness (QED) is 0.788. The summed E-state index contributed by atoms with van der Waals surface area (Å²) in [5.74, 6) is 0.0225. The summed E-state index contributed by atoms with van der Waals surface area (Å²) in [7, 11) is 1.45. The summed E-state index contributed by atoms with van der Waals surface area (Å²) in [5.41, 5.74) is 5.68.